The minimum Gasteiger partial charge on any atom is -0.363 e. The zero-order valence-corrected chi connectivity index (χ0v) is 23.5. The highest BCUT2D eigenvalue weighted by molar-refractivity contribution is 5.91. The molecule has 9 atom stereocenters. The number of hydrogen-bond donors (Lipinski definition) is 0. The first-order valence-corrected chi connectivity index (χ1v) is 15.4. The average Bonchev–Trinajstić information content (AvgIpc) is 3.26. The standard InChI is InChI=1S/C36H44O2/c1-24(14-16-29(25-10-6-4-7-11-25)26-12-8-5-9-13-26)30-18-19-31-32-17-15-27-22-28-20-21-35(27,3)36(32,38-28)33(37)23-34(30,31)2/h4-13,16,24,27-28,30-32H,14-15,17-23H2,1-3H3/t24-,27+,28-,30-,31+,32+,34-,35+,36+/m1/s1. The number of Topliss-reactive ketones (excluding diaryl/α,β-unsaturated/α-hetero) is 1. The lowest BCUT2D eigenvalue weighted by Gasteiger charge is -2.70. The first-order chi connectivity index (χ1) is 18.4. The third-order valence-electron chi connectivity index (χ3n) is 12.5. The third-order valence-corrected chi connectivity index (χ3v) is 12.5. The summed E-state index contributed by atoms with van der Waals surface area (Å²) in [5.74, 6) is 3.34. The number of hydrogen-bond acceptors (Lipinski definition) is 2. The van der Waals surface area contributed by atoms with Crippen LogP contribution in [0.2, 0.25) is 0 Å². The molecule has 38 heavy (non-hydrogen) atoms. The van der Waals surface area contributed by atoms with Gasteiger partial charge >= 0.3 is 0 Å². The lowest BCUT2D eigenvalue weighted by molar-refractivity contribution is -0.307. The summed E-state index contributed by atoms with van der Waals surface area (Å²) in [5.41, 5.74) is 3.58. The molecule has 0 radical (unpaired) electrons. The third kappa shape index (κ3) is 3.38. The molecule has 200 valence electrons. The molecular weight excluding hydrogens is 464 g/mol. The van der Waals surface area contributed by atoms with E-state index in [9.17, 15) is 4.79 Å². The topological polar surface area (TPSA) is 26.3 Å². The summed E-state index contributed by atoms with van der Waals surface area (Å²) in [6, 6.07) is 21.6. The Morgan fingerprint density at radius 1 is 0.921 bits per heavy atom. The van der Waals surface area contributed by atoms with E-state index in [-0.39, 0.29) is 10.8 Å². The predicted molar refractivity (Wildman–Crippen MR) is 153 cm³/mol. The Bertz CT molecular complexity index is 1190. The van der Waals surface area contributed by atoms with Gasteiger partial charge in [0.15, 0.2) is 5.78 Å². The fraction of sp³-hybridized carbons (Fsp3) is 0.583. The Morgan fingerprint density at radius 3 is 2.26 bits per heavy atom. The Balaban J connectivity index is 1.17. The zero-order valence-electron chi connectivity index (χ0n) is 23.5. The van der Waals surface area contributed by atoms with Crippen molar-refractivity contribution in [2.24, 2.45) is 40.4 Å². The van der Waals surface area contributed by atoms with Gasteiger partial charge in [0.05, 0.1) is 6.10 Å². The van der Waals surface area contributed by atoms with Gasteiger partial charge in [-0.1, -0.05) is 87.5 Å². The van der Waals surface area contributed by atoms with E-state index >= 15 is 0 Å². The first kappa shape index (κ1) is 24.8. The maximum absolute atomic E-state index is 14.4. The normalized spacial score (nSPS) is 41.8. The SMILES string of the molecule is C[C@H](CC=C(c1ccccc1)c1ccccc1)[C@H]1CC[C@H]2[C@@H]3CC[C@H]4C[C@H]5CC[C@]4(C)[C@@]3(O5)C(=O)C[C@]12C. The van der Waals surface area contributed by atoms with E-state index in [1.165, 1.54) is 55.2 Å². The number of allylic oxidation sites excluding steroid dienone is 1. The molecule has 2 nitrogen and oxygen atoms in total. The highest BCUT2D eigenvalue weighted by Crippen LogP contribution is 2.72. The van der Waals surface area contributed by atoms with Gasteiger partial charge in [-0.15, -0.1) is 0 Å². The van der Waals surface area contributed by atoms with E-state index in [2.05, 4.69) is 87.5 Å². The number of rotatable bonds is 5. The maximum atomic E-state index is 14.4. The number of ketones is 1. The molecule has 0 N–H and O–H groups in total. The monoisotopic (exact) mass is 508 g/mol. The van der Waals surface area contributed by atoms with E-state index < -0.39 is 5.60 Å². The van der Waals surface area contributed by atoms with Gasteiger partial charge in [0, 0.05) is 11.8 Å². The second-order valence-electron chi connectivity index (χ2n) is 14.0. The summed E-state index contributed by atoms with van der Waals surface area (Å²) in [7, 11) is 0. The summed E-state index contributed by atoms with van der Waals surface area (Å²) in [4.78, 5) is 14.4. The van der Waals surface area contributed by atoms with Crippen LogP contribution in [0.3, 0.4) is 0 Å². The van der Waals surface area contributed by atoms with E-state index in [0.717, 1.165) is 19.3 Å². The van der Waals surface area contributed by atoms with Crippen molar-refractivity contribution in [2.45, 2.75) is 90.3 Å². The van der Waals surface area contributed by atoms with Crippen molar-refractivity contribution in [1.29, 1.82) is 0 Å². The van der Waals surface area contributed by atoms with Crippen LogP contribution in [0, 0.1) is 40.4 Å². The van der Waals surface area contributed by atoms with Gasteiger partial charge in [-0.05, 0) is 103 Å². The summed E-state index contributed by atoms with van der Waals surface area (Å²) >= 11 is 0. The molecule has 2 heteroatoms. The van der Waals surface area contributed by atoms with Crippen molar-refractivity contribution in [2.75, 3.05) is 0 Å². The molecule has 0 amide bonds. The summed E-state index contributed by atoms with van der Waals surface area (Å²) < 4.78 is 6.93. The minimum absolute atomic E-state index is 0.0653. The highest BCUT2D eigenvalue weighted by Gasteiger charge is 2.74. The predicted octanol–water partition coefficient (Wildman–Crippen LogP) is 8.50. The minimum atomic E-state index is -0.479. The molecule has 2 aliphatic heterocycles. The fourth-order valence-electron chi connectivity index (χ4n) is 10.7. The first-order valence-electron chi connectivity index (χ1n) is 15.4. The maximum Gasteiger partial charge on any atom is 0.166 e. The van der Waals surface area contributed by atoms with E-state index in [4.69, 9.17) is 4.74 Å². The molecule has 0 unspecified atom stereocenters. The summed E-state index contributed by atoms with van der Waals surface area (Å²) in [6.07, 6.45) is 13.2. The number of carbonyl (C=O) groups is 1. The van der Waals surface area contributed by atoms with Crippen molar-refractivity contribution in [1.82, 2.24) is 0 Å². The van der Waals surface area contributed by atoms with E-state index in [1.54, 1.807) is 0 Å². The van der Waals surface area contributed by atoms with Crippen LogP contribution in [0.25, 0.3) is 5.57 Å². The number of benzene rings is 2. The average molecular weight is 509 g/mol. The molecule has 8 rings (SSSR count). The molecule has 6 aliphatic rings. The molecule has 2 heterocycles. The van der Waals surface area contributed by atoms with Crippen LogP contribution in [0.1, 0.15) is 89.7 Å². The molecule has 6 fully saturated rings. The van der Waals surface area contributed by atoms with Crippen molar-refractivity contribution in [3.63, 3.8) is 0 Å². The van der Waals surface area contributed by atoms with Gasteiger partial charge in [0.1, 0.15) is 5.60 Å². The van der Waals surface area contributed by atoms with E-state index in [0.29, 0.717) is 41.5 Å². The van der Waals surface area contributed by atoms with Crippen molar-refractivity contribution < 1.29 is 9.53 Å². The second-order valence-corrected chi connectivity index (χ2v) is 14.0. The number of carbonyl (C=O) groups excluding carboxylic acids is 1. The number of ether oxygens (including phenoxy) is 1. The highest BCUT2D eigenvalue weighted by atomic mass is 16.5. The zero-order chi connectivity index (χ0) is 26.1. The van der Waals surface area contributed by atoms with Gasteiger partial charge in [0.2, 0.25) is 0 Å². The molecule has 2 saturated heterocycles. The molecule has 4 aliphatic carbocycles. The van der Waals surface area contributed by atoms with Crippen LogP contribution in [0.4, 0.5) is 0 Å². The molecule has 4 saturated carbocycles. The van der Waals surface area contributed by atoms with Gasteiger partial charge in [0.25, 0.3) is 0 Å². The largest absolute Gasteiger partial charge is 0.363 e. The van der Waals surface area contributed by atoms with Crippen LogP contribution in [0.5, 0.6) is 0 Å². The van der Waals surface area contributed by atoms with Gasteiger partial charge in [-0.2, -0.15) is 0 Å². The smallest absolute Gasteiger partial charge is 0.166 e. The van der Waals surface area contributed by atoms with Gasteiger partial charge in [-0.3, -0.25) is 4.79 Å². The molecule has 2 aromatic rings. The molecule has 1 spiro atoms. The summed E-state index contributed by atoms with van der Waals surface area (Å²) in [6.45, 7) is 7.38. The Kier molecular flexibility index (Phi) is 5.82. The lowest BCUT2D eigenvalue weighted by Crippen LogP contribution is -2.75. The van der Waals surface area contributed by atoms with Crippen molar-refractivity contribution >= 4 is 11.4 Å². The van der Waals surface area contributed by atoms with Crippen LogP contribution < -0.4 is 0 Å². The lowest BCUT2D eigenvalue weighted by atomic mass is 9.40. The number of fused-ring (bicyclic) bond motifs is 3. The van der Waals surface area contributed by atoms with Crippen LogP contribution in [-0.4, -0.2) is 17.5 Å². The second kappa shape index (κ2) is 8.91. The van der Waals surface area contributed by atoms with Gasteiger partial charge < -0.3 is 4.74 Å². The summed E-state index contributed by atoms with van der Waals surface area (Å²) in [5, 5.41) is 0. The fourth-order valence-corrected chi connectivity index (χ4v) is 10.7. The van der Waals surface area contributed by atoms with Crippen molar-refractivity contribution in [3.05, 3.63) is 77.9 Å². The quantitative estimate of drug-likeness (QED) is 0.405. The van der Waals surface area contributed by atoms with Gasteiger partial charge in [-0.25, -0.2) is 0 Å². The Labute approximate surface area is 229 Å². The molecule has 2 aromatic carbocycles. The van der Waals surface area contributed by atoms with Crippen LogP contribution >= 0.6 is 0 Å². The van der Waals surface area contributed by atoms with Crippen LogP contribution in [0.15, 0.2) is 66.7 Å². The van der Waals surface area contributed by atoms with Crippen molar-refractivity contribution in [3.8, 4) is 0 Å². The molecule has 0 aromatic heterocycles. The Hall–Kier alpha value is -2.19. The Morgan fingerprint density at radius 2 is 1.58 bits per heavy atom. The van der Waals surface area contributed by atoms with E-state index in [1.807, 2.05) is 0 Å². The molecule has 4 bridgehead atoms. The van der Waals surface area contributed by atoms with Crippen LogP contribution in [-0.2, 0) is 9.53 Å². The molecular formula is C36H44O2.